The maximum atomic E-state index is 13.4. The minimum Gasteiger partial charge on any atom is -0.479 e. The molecular weight excluding hydrogens is 534 g/mol. The van der Waals surface area contributed by atoms with Gasteiger partial charge in [-0.1, -0.05) is 57.2 Å². The van der Waals surface area contributed by atoms with E-state index in [2.05, 4.69) is 52.0 Å². The fourth-order valence-corrected chi connectivity index (χ4v) is 3.86. The Morgan fingerprint density at radius 1 is 0.838 bits per heavy atom. The molecule has 37 heavy (non-hydrogen) atoms. The van der Waals surface area contributed by atoms with Crippen LogP contribution in [0, 0.1) is 0 Å². The fourth-order valence-electron chi connectivity index (χ4n) is 3.60. The van der Waals surface area contributed by atoms with Gasteiger partial charge in [0, 0.05) is 11.1 Å². The first kappa shape index (κ1) is 28.3. The number of nitrogens with zero attached hydrogens (tertiary/aromatic N) is 2. The molecule has 1 aromatic heterocycles. The number of alkyl halides is 1. The SMILES string of the molecule is CC(C)(C)OC(=O)[C@@](C)(NC(=O)c1ccc(C(C)(C)C)cc1)c1ccc(-c2ncc(OCBr)cn2)cc1. The Balaban J connectivity index is 1.92. The van der Waals surface area contributed by atoms with E-state index >= 15 is 0 Å². The van der Waals surface area contributed by atoms with E-state index in [9.17, 15) is 9.59 Å². The Hall–Kier alpha value is -3.26. The molecule has 1 N–H and O–H groups in total. The number of nitrogens with one attached hydrogen (secondary N) is 1. The number of carbonyl (C=O) groups is 2. The van der Waals surface area contributed by atoms with Gasteiger partial charge >= 0.3 is 5.97 Å². The summed E-state index contributed by atoms with van der Waals surface area (Å²) < 4.78 is 11.0. The zero-order valence-corrected chi connectivity index (χ0v) is 24.0. The second kappa shape index (κ2) is 11.0. The Labute approximate surface area is 227 Å². The zero-order valence-electron chi connectivity index (χ0n) is 22.4. The van der Waals surface area contributed by atoms with Crippen molar-refractivity contribution in [1.82, 2.24) is 15.3 Å². The number of halogens is 1. The van der Waals surface area contributed by atoms with Crippen LogP contribution in [0.15, 0.2) is 60.9 Å². The largest absolute Gasteiger partial charge is 0.479 e. The lowest BCUT2D eigenvalue weighted by Gasteiger charge is -2.33. The van der Waals surface area contributed by atoms with Gasteiger partial charge in [0.2, 0.25) is 0 Å². The van der Waals surface area contributed by atoms with Crippen LogP contribution in [0.4, 0.5) is 0 Å². The third-order valence-corrected chi connectivity index (χ3v) is 5.98. The van der Waals surface area contributed by atoms with Gasteiger partial charge < -0.3 is 14.8 Å². The van der Waals surface area contributed by atoms with Crippen LogP contribution in [0.3, 0.4) is 0 Å². The van der Waals surface area contributed by atoms with Crippen molar-refractivity contribution < 1.29 is 19.1 Å². The van der Waals surface area contributed by atoms with Crippen LogP contribution < -0.4 is 10.1 Å². The molecule has 3 rings (SSSR count). The summed E-state index contributed by atoms with van der Waals surface area (Å²) in [6.07, 6.45) is 3.18. The first-order chi connectivity index (χ1) is 17.2. The molecule has 0 aliphatic heterocycles. The van der Waals surface area contributed by atoms with E-state index in [-0.39, 0.29) is 11.3 Å². The number of aromatic nitrogens is 2. The minimum atomic E-state index is -1.43. The number of carbonyl (C=O) groups excluding carboxylic acids is 2. The van der Waals surface area contributed by atoms with Gasteiger partial charge in [-0.25, -0.2) is 14.8 Å². The van der Waals surface area contributed by atoms with Crippen LogP contribution in [-0.4, -0.2) is 33.0 Å². The van der Waals surface area contributed by atoms with Crippen molar-refractivity contribution in [3.8, 4) is 17.1 Å². The van der Waals surface area contributed by atoms with Gasteiger partial charge in [-0.2, -0.15) is 0 Å². The molecule has 8 heteroatoms. The van der Waals surface area contributed by atoms with Crippen LogP contribution in [-0.2, 0) is 20.5 Å². The van der Waals surface area contributed by atoms with E-state index in [0.29, 0.717) is 28.2 Å². The molecule has 0 radical (unpaired) electrons. The Bertz CT molecular complexity index is 1230. The molecule has 0 aliphatic rings. The predicted molar refractivity (Wildman–Crippen MR) is 148 cm³/mol. The van der Waals surface area contributed by atoms with Gasteiger partial charge in [-0.05, 0) is 72.3 Å². The quantitative estimate of drug-likeness (QED) is 0.271. The smallest absolute Gasteiger partial charge is 0.336 e. The van der Waals surface area contributed by atoms with E-state index < -0.39 is 17.1 Å². The van der Waals surface area contributed by atoms with Gasteiger partial charge in [0.25, 0.3) is 5.91 Å². The van der Waals surface area contributed by atoms with Crippen molar-refractivity contribution in [1.29, 1.82) is 0 Å². The average Bonchev–Trinajstić information content (AvgIpc) is 2.83. The van der Waals surface area contributed by atoms with E-state index in [4.69, 9.17) is 9.47 Å². The van der Waals surface area contributed by atoms with E-state index in [1.54, 1.807) is 64.4 Å². The summed E-state index contributed by atoms with van der Waals surface area (Å²) >= 11 is 3.20. The number of amides is 1. The normalized spacial score (nSPS) is 13.4. The lowest BCUT2D eigenvalue weighted by molar-refractivity contribution is -0.162. The number of ether oxygens (including phenoxy) is 2. The van der Waals surface area contributed by atoms with Crippen molar-refractivity contribution in [2.45, 2.75) is 65.0 Å². The van der Waals surface area contributed by atoms with Crippen LogP contribution in [0.2, 0.25) is 0 Å². The standard InChI is InChI=1S/C29H34BrN3O4/c1-27(2,3)21-12-10-20(11-13-21)25(34)33-29(7,26(35)37-28(4,5)6)22-14-8-19(9-15-22)24-31-16-23(17-32-24)36-18-30/h8-17H,18H2,1-7H3,(H,33,34)/t29-/m0/s1. The van der Waals surface area contributed by atoms with Gasteiger partial charge in [0.15, 0.2) is 17.1 Å². The highest BCUT2D eigenvalue weighted by Crippen LogP contribution is 2.29. The fraction of sp³-hybridized carbons (Fsp3) is 0.379. The number of rotatable bonds is 7. The van der Waals surface area contributed by atoms with Crippen LogP contribution in [0.1, 0.15) is 70.0 Å². The topological polar surface area (TPSA) is 90.4 Å². The summed E-state index contributed by atoms with van der Waals surface area (Å²) in [5.74, 6) is 0.131. The minimum absolute atomic E-state index is 0.0350. The molecule has 0 fully saturated rings. The molecule has 0 spiro atoms. The summed E-state index contributed by atoms with van der Waals surface area (Å²) in [6, 6.07) is 14.6. The van der Waals surface area contributed by atoms with Crippen molar-refractivity contribution in [3.05, 3.63) is 77.6 Å². The molecule has 0 unspecified atom stereocenters. The maximum Gasteiger partial charge on any atom is 0.336 e. The van der Waals surface area contributed by atoms with Crippen molar-refractivity contribution in [3.63, 3.8) is 0 Å². The number of hydrogen-bond donors (Lipinski definition) is 1. The summed E-state index contributed by atoms with van der Waals surface area (Å²) in [5, 5.41) is 2.92. The Kier molecular flexibility index (Phi) is 8.42. The number of hydrogen-bond acceptors (Lipinski definition) is 6. The van der Waals surface area contributed by atoms with Gasteiger partial charge in [0.05, 0.1) is 12.4 Å². The molecular formula is C29H34BrN3O4. The highest BCUT2D eigenvalue weighted by Gasteiger charge is 2.40. The van der Waals surface area contributed by atoms with Crippen molar-refractivity contribution in [2.75, 3.05) is 5.52 Å². The van der Waals surface area contributed by atoms with Crippen molar-refractivity contribution >= 4 is 27.8 Å². The molecule has 0 saturated carbocycles. The molecule has 3 aromatic rings. The molecule has 2 aromatic carbocycles. The second-order valence-corrected chi connectivity index (χ2v) is 11.4. The molecule has 0 aliphatic carbocycles. The van der Waals surface area contributed by atoms with Crippen LogP contribution in [0.25, 0.3) is 11.4 Å². The third-order valence-electron chi connectivity index (χ3n) is 5.75. The van der Waals surface area contributed by atoms with Crippen molar-refractivity contribution in [2.24, 2.45) is 0 Å². The molecule has 1 heterocycles. The predicted octanol–water partition coefficient (Wildman–Crippen LogP) is 6.16. The third kappa shape index (κ3) is 7.16. The Morgan fingerprint density at radius 2 is 1.38 bits per heavy atom. The molecule has 0 bridgehead atoms. The summed E-state index contributed by atoms with van der Waals surface area (Å²) in [5.41, 5.74) is 1.05. The first-order valence-corrected chi connectivity index (χ1v) is 13.1. The lowest BCUT2D eigenvalue weighted by Crippen LogP contribution is -2.52. The molecule has 7 nitrogen and oxygen atoms in total. The highest BCUT2D eigenvalue weighted by atomic mass is 79.9. The first-order valence-electron chi connectivity index (χ1n) is 12.0. The lowest BCUT2D eigenvalue weighted by atomic mass is 9.86. The van der Waals surface area contributed by atoms with Crippen LogP contribution in [0.5, 0.6) is 5.75 Å². The molecule has 196 valence electrons. The summed E-state index contributed by atoms with van der Waals surface area (Å²) in [7, 11) is 0. The molecule has 1 atom stereocenters. The number of benzene rings is 2. The van der Waals surface area contributed by atoms with E-state index in [1.807, 2.05) is 24.3 Å². The Morgan fingerprint density at radius 3 is 1.86 bits per heavy atom. The average molecular weight is 569 g/mol. The highest BCUT2D eigenvalue weighted by molar-refractivity contribution is 9.09. The summed E-state index contributed by atoms with van der Waals surface area (Å²) in [6.45, 7) is 13.4. The van der Waals surface area contributed by atoms with E-state index in [1.165, 1.54) is 0 Å². The monoisotopic (exact) mass is 567 g/mol. The molecule has 1 amide bonds. The maximum absolute atomic E-state index is 13.4. The van der Waals surface area contributed by atoms with Crippen LogP contribution >= 0.6 is 15.9 Å². The van der Waals surface area contributed by atoms with Gasteiger partial charge in [-0.3, -0.25) is 4.79 Å². The van der Waals surface area contributed by atoms with Gasteiger partial charge in [-0.15, -0.1) is 0 Å². The van der Waals surface area contributed by atoms with E-state index in [0.717, 1.165) is 11.1 Å². The number of esters is 1. The summed E-state index contributed by atoms with van der Waals surface area (Å²) in [4.78, 5) is 35.4. The zero-order chi connectivity index (χ0) is 27.4. The van der Waals surface area contributed by atoms with Gasteiger partial charge in [0.1, 0.15) is 11.1 Å². The second-order valence-electron chi connectivity index (χ2n) is 11.0. The molecule has 0 saturated heterocycles.